The molecule has 0 N–H and O–H groups in total. The lowest BCUT2D eigenvalue weighted by atomic mass is 10.2. The molecule has 0 unspecified atom stereocenters. The Morgan fingerprint density at radius 1 is 1.50 bits per heavy atom. The number of hydrogen-bond donors (Lipinski definition) is 0. The highest BCUT2D eigenvalue weighted by molar-refractivity contribution is 9.10. The first-order valence-electron chi connectivity index (χ1n) is 5.38. The molecule has 0 radical (unpaired) electrons. The second-order valence-corrected chi connectivity index (χ2v) is 4.75. The molecule has 0 bridgehead atoms. The van der Waals surface area contributed by atoms with Gasteiger partial charge in [-0.3, -0.25) is 0 Å². The van der Waals surface area contributed by atoms with Gasteiger partial charge in [0.1, 0.15) is 0 Å². The number of benzene rings is 1. The molecule has 86 valence electrons. The number of rotatable bonds is 5. The van der Waals surface area contributed by atoms with Crippen LogP contribution in [0.15, 0.2) is 23.2 Å². The maximum Gasteiger partial charge on any atom is 0.175 e. The van der Waals surface area contributed by atoms with Crippen LogP contribution in [-0.4, -0.2) is 13.7 Å². The molecule has 0 spiro atoms. The summed E-state index contributed by atoms with van der Waals surface area (Å²) in [7, 11) is 1.65. The van der Waals surface area contributed by atoms with Gasteiger partial charge in [0, 0.05) is 0 Å². The number of methoxy groups -OCH3 is 1. The smallest absolute Gasteiger partial charge is 0.175 e. The Kier molecular flexibility index (Phi) is 3.54. The largest absolute Gasteiger partial charge is 0.493 e. The lowest BCUT2D eigenvalue weighted by Gasteiger charge is -2.13. The van der Waals surface area contributed by atoms with E-state index >= 15 is 0 Å². The summed E-state index contributed by atoms with van der Waals surface area (Å²) in [5.74, 6) is 2.27. The minimum atomic E-state index is 0.726. The molecule has 0 aliphatic heterocycles. The SMILES string of the molecule is C=Cc1ccc(OC)c(OCC2CC2)c1Br. The van der Waals surface area contributed by atoms with Crippen LogP contribution in [0.5, 0.6) is 11.5 Å². The third-order valence-corrected chi connectivity index (χ3v) is 3.51. The fourth-order valence-corrected chi connectivity index (χ4v) is 2.10. The minimum absolute atomic E-state index is 0.726. The zero-order chi connectivity index (χ0) is 11.5. The molecule has 0 saturated heterocycles. The summed E-state index contributed by atoms with van der Waals surface area (Å²) in [6.07, 6.45) is 4.36. The summed E-state index contributed by atoms with van der Waals surface area (Å²) in [6.45, 7) is 4.54. The molecule has 16 heavy (non-hydrogen) atoms. The zero-order valence-corrected chi connectivity index (χ0v) is 10.9. The van der Waals surface area contributed by atoms with E-state index in [0.29, 0.717) is 0 Å². The Morgan fingerprint density at radius 3 is 2.81 bits per heavy atom. The second kappa shape index (κ2) is 4.91. The Hall–Kier alpha value is -0.960. The van der Waals surface area contributed by atoms with E-state index in [9.17, 15) is 0 Å². The average Bonchev–Trinajstić information content (AvgIpc) is 3.11. The van der Waals surface area contributed by atoms with E-state index in [1.807, 2.05) is 12.1 Å². The maximum absolute atomic E-state index is 5.81. The predicted molar refractivity (Wildman–Crippen MR) is 69.0 cm³/mol. The molecule has 0 heterocycles. The molecule has 0 amide bonds. The maximum atomic E-state index is 5.81. The number of ether oxygens (including phenoxy) is 2. The first-order valence-corrected chi connectivity index (χ1v) is 6.17. The van der Waals surface area contributed by atoms with E-state index in [2.05, 4.69) is 22.5 Å². The topological polar surface area (TPSA) is 18.5 Å². The highest BCUT2D eigenvalue weighted by Crippen LogP contribution is 2.40. The second-order valence-electron chi connectivity index (χ2n) is 3.96. The predicted octanol–water partition coefficient (Wildman–Crippen LogP) is 3.89. The van der Waals surface area contributed by atoms with Gasteiger partial charge in [0.15, 0.2) is 11.5 Å². The quantitative estimate of drug-likeness (QED) is 0.816. The van der Waals surface area contributed by atoms with Crippen molar-refractivity contribution in [3.8, 4) is 11.5 Å². The van der Waals surface area contributed by atoms with Gasteiger partial charge in [-0.25, -0.2) is 0 Å². The summed E-state index contributed by atoms with van der Waals surface area (Å²) in [4.78, 5) is 0. The van der Waals surface area contributed by atoms with Crippen molar-refractivity contribution in [2.45, 2.75) is 12.8 Å². The van der Waals surface area contributed by atoms with Crippen LogP contribution < -0.4 is 9.47 Å². The van der Waals surface area contributed by atoms with Crippen LogP contribution in [0.3, 0.4) is 0 Å². The van der Waals surface area contributed by atoms with E-state index < -0.39 is 0 Å². The van der Waals surface area contributed by atoms with Crippen molar-refractivity contribution in [1.29, 1.82) is 0 Å². The van der Waals surface area contributed by atoms with Crippen LogP contribution in [0.2, 0.25) is 0 Å². The first kappa shape index (κ1) is 11.5. The molecule has 0 atom stereocenters. The minimum Gasteiger partial charge on any atom is -0.493 e. The fraction of sp³-hybridized carbons (Fsp3) is 0.385. The fourth-order valence-electron chi connectivity index (χ4n) is 1.49. The Bertz CT molecular complexity index is 397. The molecule has 1 saturated carbocycles. The summed E-state index contributed by atoms with van der Waals surface area (Å²) in [5, 5.41) is 0. The van der Waals surface area contributed by atoms with E-state index in [0.717, 1.165) is 34.1 Å². The molecule has 0 aromatic heterocycles. The van der Waals surface area contributed by atoms with Crippen LogP contribution in [0.4, 0.5) is 0 Å². The van der Waals surface area contributed by atoms with Gasteiger partial charge in [-0.05, 0) is 52.4 Å². The van der Waals surface area contributed by atoms with E-state index in [1.54, 1.807) is 13.2 Å². The van der Waals surface area contributed by atoms with Crippen molar-refractivity contribution in [3.05, 3.63) is 28.7 Å². The van der Waals surface area contributed by atoms with Gasteiger partial charge in [-0.15, -0.1) is 0 Å². The van der Waals surface area contributed by atoms with Gasteiger partial charge in [0.05, 0.1) is 18.2 Å². The average molecular weight is 283 g/mol. The molecular formula is C13H15BrO2. The first-order chi connectivity index (χ1) is 7.76. The highest BCUT2D eigenvalue weighted by atomic mass is 79.9. The van der Waals surface area contributed by atoms with Crippen LogP contribution in [-0.2, 0) is 0 Å². The Labute approximate surface area is 104 Å². The summed E-state index contributed by atoms with van der Waals surface area (Å²) < 4.78 is 12.0. The van der Waals surface area contributed by atoms with Crippen molar-refractivity contribution in [1.82, 2.24) is 0 Å². The van der Waals surface area contributed by atoms with Gasteiger partial charge in [0.25, 0.3) is 0 Å². The summed E-state index contributed by atoms with van der Waals surface area (Å²) in [5.41, 5.74) is 1.02. The third kappa shape index (κ3) is 2.40. The highest BCUT2D eigenvalue weighted by Gasteiger charge is 2.23. The molecule has 3 heteroatoms. The van der Waals surface area contributed by atoms with E-state index in [-0.39, 0.29) is 0 Å². The monoisotopic (exact) mass is 282 g/mol. The normalized spacial score (nSPS) is 14.6. The van der Waals surface area contributed by atoms with Crippen LogP contribution in [0.1, 0.15) is 18.4 Å². The van der Waals surface area contributed by atoms with Crippen molar-refractivity contribution in [3.63, 3.8) is 0 Å². The van der Waals surface area contributed by atoms with Crippen LogP contribution >= 0.6 is 15.9 Å². The van der Waals surface area contributed by atoms with E-state index in [1.165, 1.54) is 12.8 Å². The molecule has 1 aromatic rings. The van der Waals surface area contributed by atoms with Crippen molar-refractivity contribution < 1.29 is 9.47 Å². The number of halogens is 1. The van der Waals surface area contributed by atoms with E-state index in [4.69, 9.17) is 9.47 Å². The molecule has 2 rings (SSSR count). The van der Waals surface area contributed by atoms with Crippen molar-refractivity contribution >= 4 is 22.0 Å². The van der Waals surface area contributed by atoms with Crippen molar-refractivity contribution in [2.24, 2.45) is 5.92 Å². The zero-order valence-electron chi connectivity index (χ0n) is 9.33. The third-order valence-electron chi connectivity index (χ3n) is 2.69. The molecular weight excluding hydrogens is 268 g/mol. The summed E-state index contributed by atoms with van der Waals surface area (Å²) >= 11 is 3.53. The number of hydrogen-bond acceptors (Lipinski definition) is 2. The van der Waals surface area contributed by atoms with Crippen LogP contribution in [0, 0.1) is 5.92 Å². The molecule has 1 aromatic carbocycles. The Morgan fingerprint density at radius 2 is 2.25 bits per heavy atom. The molecule has 2 nitrogen and oxygen atoms in total. The molecule has 1 aliphatic carbocycles. The van der Waals surface area contributed by atoms with Gasteiger partial charge < -0.3 is 9.47 Å². The van der Waals surface area contributed by atoms with Crippen molar-refractivity contribution in [2.75, 3.05) is 13.7 Å². The standard InChI is InChI=1S/C13H15BrO2/c1-3-10-6-7-11(15-2)13(12(10)14)16-8-9-4-5-9/h3,6-7,9H,1,4-5,8H2,2H3. The van der Waals surface area contributed by atoms with Gasteiger partial charge in [0.2, 0.25) is 0 Å². The lowest BCUT2D eigenvalue weighted by molar-refractivity contribution is 0.278. The molecule has 1 aliphatic rings. The van der Waals surface area contributed by atoms with Crippen LogP contribution in [0.25, 0.3) is 6.08 Å². The van der Waals surface area contributed by atoms with Gasteiger partial charge in [-0.1, -0.05) is 12.7 Å². The lowest BCUT2D eigenvalue weighted by Crippen LogP contribution is -2.02. The van der Waals surface area contributed by atoms with Gasteiger partial charge in [-0.2, -0.15) is 0 Å². The summed E-state index contributed by atoms with van der Waals surface area (Å²) in [6, 6.07) is 3.86. The Balaban J connectivity index is 2.25. The molecule has 1 fully saturated rings. The van der Waals surface area contributed by atoms with Gasteiger partial charge >= 0.3 is 0 Å².